The van der Waals surface area contributed by atoms with Crippen LogP contribution in [0, 0.1) is 0 Å². The molecular formula is C28H30N2O3. The van der Waals surface area contributed by atoms with E-state index in [2.05, 4.69) is 17.4 Å². The fourth-order valence-corrected chi connectivity index (χ4v) is 4.05. The predicted molar refractivity (Wildman–Crippen MR) is 129 cm³/mol. The van der Waals surface area contributed by atoms with Crippen LogP contribution in [-0.2, 0) is 17.8 Å². The van der Waals surface area contributed by atoms with Gasteiger partial charge in [-0.25, -0.2) is 0 Å². The van der Waals surface area contributed by atoms with E-state index in [0.29, 0.717) is 12.1 Å². The first-order valence-corrected chi connectivity index (χ1v) is 11.6. The SMILES string of the molecule is O=C(COc1ccccc1Cc1ccccc1)NCc1ccc(C(=O)N2CCCCC2)cc1. The summed E-state index contributed by atoms with van der Waals surface area (Å²) in [6, 6.07) is 25.5. The summed E-state index contributed by atoms with van der Waals surface area (Å²) in [5.74, 6) is 0.628. The number of ether oxygens (including phenoxy) is 1. The molecule has 5 heteroatoms. The number of amides is 2. The van der Waals surface area contributed by atoms with E-state index in [1.54, 1.807) is 0 Å². The average Bonchev–Trinajstić information content (AvgIpc) is 2.88. The number of para-hydroxylation sites is 1. The van der Waals surface area contributed by atoms with E-state index in [1.165, 1.54) is 12.0 Å². The van der Waals surface area contributed by atoms with Crippen LogP contribution in [0.15, 0.2) is 78.9 Å². The van der Waals surface area contributed by atoms with Crippen molar-refractivity contribution in [3.8, 4) is 5.75 Å². The van der Waals surface area contributed by atoms with Gasteiger partial charge < -0.3 is 15.0 Å². The van der Waals surface area contributed by atoms with Crippen LogP contribution >= 0.6 is 0 Å². The van der Waals surface area contributed by atoms with E-state index in [-0.39, 0.29) is 18.4 Å². The van der Waals surface area contributed by atoms with Gasteiger partial charge in [0, 0.05) is 31.6 Å². The van der Waals surface area contributed by atoms with Crippen molar-refractivity contribution in [3.63, 3.8) is 0 Å². The van der Waals surface area contributed by atoms with Crippen LogP contribution in [0.2, 0.25) is 0 Å². The van der Waals surface area contributed by atoms with Crippen LogP contribution in [0.5, 0.6) is 5.75 Å². The molecule has 0 aromatic heterocycles. The van der Waals surface area contributed by atoms with Gasteiger partial charge in [0.15, 0.2) is 6.61 Å². The Morgan fingerprint density at radius 1 is 0.788 bits per heavy atom. The van der Waals surface area contributed by atoms with Crippen molar-refractivity contribution in [2.75, 3.05) is 19.7 Å². The molecule has 3 aromatic rings. The first-order valence-electron chi connectivity index (χ1n) is 11.6. The van der Waals surface area contributed by atoms with Gasteiger partial charge in [0.1, 0.15) is 5.75 Å². The molecule has 0 bridgehead atoms. The number of carbonyl (C=O) groups is 2. The molecule has 1 fully saturated rings. The molecule has 33 heavy (non-hydrogen) atoms. The summed E-state index contributed by atoms with van der Waals surface area (Å²) in [6.07, 6.45) is 4.11. The molecule has 0 saturated carbocycles. The zero-order chi connectivity index (χ0) is 22.9. The highest BCUT2D eigenvalue weighted by Crippen LogP contribution is 2.21. The molecule has 170 valence electrons. The lowest BCUT2D eigenvalue weighted by atomic mass is 10.0. The van der Waals surface area contributed by atoms with E-state index in [9.17, 15) is 9.59 Å². The van der Waals surface area contributed by atoms with Gasteiger partial charge in [-0.15, -0.1) is 0 Å². The molecule has 3 aromatic carbocycles. The van der Waals surface area contributed by atoms with Crippen molar-refractivity contribution in [2.45, 2.75) is 32.2 Å². The van der Waals surface area contributed by atoms with Gasteiger partial charge in [-0.05, 0) is 54.2 Å². The smallest absolute Gasteiger partial charge is 0.258 e. The molecule has 5 nitrogen and oxygen atoms in total. The second kappa shape index (κ2) is 11.3. The molecule has 0 aliphatic carbocycles. The minimum absolute atomic E-state index is 0.0443. The third-order valence-electron chi connectivity index (χ3n) is 5.90. The van der Waals surface area contributed by atoms with Gasteiger partial charge in [-0.3, -0.25) is 9.59 Å². The zero-order valence-corrected chi connectivity index (χ0v) is 18.8. The summed E-state index contributed by atoms with van der Waals surface area (Å²) in [6.45, 7) is 2.03. The van der Waals surface area contributed by atoms with Crippen LogP contribution in [0.1, 0.15) is 46.3 Å². The lowest BCUT2D eigenvalue weighted by Gasteiger charge is -2.26. The summed E-state index contributed by atoms with van der Waals surface area (Å²) < 4.78 is 5.82. The maximum atomic E-state index is 12.6. The second-order valence-corrected chi connectivity index (χ2v) is 8.39. The van der Waals surface area contributed by atoms with Crippen LogP contribution in [0.25, 0.3) is 0 Å². The molecule has 0 atom stereocenters. The van der Waals surface area contributed by atoms with Gasteiger partial charge >= 0.3 is 0 Å². The molecule has 2 amide bonds. The maximum Gasteiger partial charge on any atom is 0.258 e. The van der Waals surface area contributed by atoms with Gasteiger partial charge in [0.2, 0.25) is 0 Å². The molecule has 0 spiro atoms. The molecule has 1 saturated heterocycles. The summed E-state index contributed by atoms with van der Waals surface area (Å²) in [5, 5.41) is 2.89. The largest absolute Gasteiger partial charge is 0.483 e. The number of carbonyl (C=O) groups excluding carboxylic acids is 2. The molecule has 4 rings (SSSR count). The molecular weight excluding hydrogens is 412 g/mol. The van der Waals surface area contributed by atoms with Crippen LogP contribution < -0.4 is 10.1 Å². The summed E-state index contributed by atoms with van der Waals surface area (Å²) in [7, 11) is 0. The normalized spacial score (nSPS) is 13.4. The molecule has 0 unspecified atom stereocenters. The van der Waals surface area contributed by atoms with Crippen molar-refractivity contribution in [2.24, 2.45) is 0 Å². The van der Waals surface area contributed by atoms with Crippen molar-refractivity contribution >= 4 is 11.8 Å². The van der Waals surface area contributed by atoms with Crippen LogP contribution in [0.3, 0.4) is 0 Å². The molecule has 1 N–H and O–H groups in total. The lowest BCUT2D eigenvalue weighted by molar-refractivity contribution is -0.123. The number of nitrogens with one attached hydrogen (secondary N) is 1. The highest BCUT2D eigenvalue weighted by atomic mass is 16.5. The number of nitrogens with zero attached hydrogens (tertiary/aromatic N) is 1. The fraction of sp³-hybridized carbons (Fsp3) is 0.286. The maximum absolute atomic E-state index is 12.6. The summed E-state index contributed by atoms with van der Waals surface area (Å²) >= 11 is 0. The Bertz CT molecular complexity index is 1060. The number of hydrogen-bond donors (Lipinski definition) is 1. The van der Waals surface area contributed by atoms with Gasteiger partial charge in [0.05, 0.1) is 0 Å². The first kappa shape index (κ1) is 22.6. The van der Waals surface area contributed by atoms with E-state index < -0.39 is 0 Å². The van der Waals surface area contributed by atoms with Crippen LogP contribution in [0.4, 0.5) is 0 Å². The van der Waals surface area contributed by atoms with E-state index >= 15 is 0 Å². The van der Waals surface area contributed by atoms with Crippen molar-refractivity contribution in [3.05, 3.63) is 101 Å². The van der Waals surface area contributed by atoms with Crippen molar-refractivity contribution < 1.29 is 14.3 Å². The molecule has 0 radical (unpaired) electrons. The third-order valence-corrected chi connectivity index (χ3v) is 5.90. The van der Waals surface area contributed by atoms with E-state index in [4.69, 9.17) is 4.74 Å². The standard InChI is InChI=1S/C28H30N2O3/c31-27(21-33-26-12-6-5-11-25(26)19-22-9-3-1-4-10-22)29-20-23-13-15-24(16-14-23)28(32)30-17-7-2-8-18-30/h1,3-6,9-16H,2,7-8,17-21H2,(H,29,31). The van der Waals surface area contributed by atoms with Gasteiger partial charge in [-0.2, -0.15) is 0 Å². The topological polar surface area (TPSA) is 58.6 Å². The quantitative estimate of drug-likeness (QED) is 0.555. The Morgan fingerprint density at radius 3 is 2.24 bits per heavy atom. The van der Waals surface area contributed by atoms with Gasteiger partial charge in [-0.1, -0.05) is 60.7 Å². The minimum atomic E-state index is -0.182. The Hall–Kier alpha value is -3.60. The fourth-order valence-electron chi connectivity index (χ4n) is 4.05. The number of hydrogen-bond acceptors (Lipinski definition) is 3. The number of piperidine rings is 1. The number of likely N-dealkylation sites (tertiary alicyclic amines) is 1. The number of rotatable bonds is 8. The summed E-state index contributed by atoms with van der Waals surface area (Å²) in [4.78, 5) is 26.8. The highest BCUT2D eigenvalue weighted by Gasteiger charge is 2.17. The van der Waals surface area contributed by atoms with E-state index in [1.807, 2.05) is 71.6 Å². The lowest BCUT2D eigenvalue weighted by Crippen LogP contribution is -2.35. The Labute approximate surface area is 195 Å². The number of benzene rings is 3. The van der Waals surface area contributed by atoms with E-state index in [0.717, 1.165) is 49.2 Å². The third kappa shape index (κ3) is 6.45. The zero-order valence-electron chi connectivity index (χ0n) is 18.8. The second-order valence-electron chi connectivity index (χ2n) is 8.39. The average molecular weight is 443 g/mol. The van der Waals surface area contributed by atoms with Crippen molar-refractivity contribution in [1.29, 1.82) is 0 Å². The molecule has 1 aliphatic rings. The monoisotopic (exact) mass is 442 g/mol. The minimum Gasteiger partial charge on any atom is -0.483 e. The predicted octanol–water partition coefficient (Wildman–Crippen LogP) is 4.60. The Kier molecular flexibility index (Phi) is 7.75. The molecule has 1 aliphatic heterocycles. The first-order chi connectivity index (χ1) is 16.2. The Morgan fingerprint density at radius 2 is 1.48 bits per heavy atom. The highest BCUT2D eigenvalue weighted by molar-refractivity contribution is 5.94. The van der Waals surface area contributed by atoms with Gasteiger partial charge in [0.25, 0.3) is 11.8 Å². The summed E-state index contributed by atoms with van der Waals surface area (Å²) in [5.41, 5.74) is 3.89. The van der Waals surface area contributed by atoms with Crippen molar-refractivity contribution in [1.82, 2.24) is 10.2 Å². The molecule has 1 heterocycles. The van der Waals surface area contributed by atoms with Crippen LogP contribution in [-0.4, -0.2) is 36.4 Å². The Balaban J connectivity index is 1.26.